The Morgan fingerprint density at radius 3 is 2.69 bits per heavy atom. The summed E-state index contributed by atoms with van der Waals surface area (Å²) in [6.45, 7) is 7.56. The van der Waals surface area contributed by atoms with Crippen LogP contribution < -0.4 is 10.8 Å². The average molecular weight is 359 g/mol. The van der Waals surface area contributed by atoms with Crippen molar-refractivity contribution in [3.8, 4) is 0 Å². The molecule has 2 aliphatic rings. The first-order chi connectivity index (χ1) is 12.6. The molecular formula is C22H34N2O2. The number of ether oxygens (including phenoxy) is 1. The fraction of sp³-hybridized carbons (Fsp3) is 0.636. The molecule has 3 rings (SSSR count). The van der Waals surface area contributed by atoms with Crippen LogP contribution in [-0.4, -0.2) is 33.4 Å². The molecule has 144 valence electrons. The molecule has 1 fully saturated rings. The van der Waals surface area contributed by atoms with Gasteiger partial charge in [0.1, 0.15) is 0 Å². The molecule has 2 aliphatic carbocycles. The molecule has 1 spiro atoms. The number of rotatable bonds is 8. The smallest absolute Gasteiger partial charge is 0.0911 e. The summed E-state index contributed by atoms with van der Waals surface area (Å²) in [6, 6.07) is 7.03. The molecule has 0 saturated heterocycles. The van der Waals surface area contributed by atoms with E-state index in [4.69, 9.17) is 9.57 Å². The van der Waals surface area contributed by atoms with Gasteiger partial charge >= 0.3 is 0 Å². The molecule has 1 aromatic rings. The van der Waals surface area contributed by atoms with Crippen molar-refractivity contribution in [3.63, 3.8) is 0 Å². The summed E-state index contributed by atoms with van der Waals surface area (Å²) < 4.78 is 5.66. The van der Waals surface area contributed by atoms with E-state index in [0.717, 1.165) is 45.1 Å². The Morgan fingerprint density at radius 1 is 1.31 bits per heavy atom. The first kappa shape index (κ1) is 19.6. The third-order valence-electron chi connectivity index (χ3n) is 6.68. The van der Waals surface area contributed by atoms with Gasteiger partial charge in [-0.25, -0.2) is 5.48 Å². The number of fused-ring (bicyclic) bond motifs is 1. The Kier molecular flexibility index (Phi) is 6.18. The van der Waals surface area contributed by atoms with Gasteiger partial charge in [0.25, 0.3) is 0 Å². The van der Waals surface area contributed by atoms with Gasteiger partial charge in [-0.15, -0.1) is 6.58 Å². The lowest BCUT2D eigenvalue weighted by Gasteiger charge is -2.50. The van der Waals surface area contributed by atoms with Crippen LogP contribution in [0.2, 0.25) is 0 Å². The predicted molar refractivity (Wildman–Crippen MR) is 106 cm³/mol. The highest BCUT2D eigenvalue weighted by Gasteiger charge is 2.58. The van der Waals surface area contributed by atoms with Crippen LogP contribution in [0.4, 0.5) is 0 Å². The zero-order valence-electron chi connectivity index (χ0n) is 16.6. The lowest BCUT2D eigenvalue weighted by molar-refractivity contribution is -0.0714. The fourth-order valence-electron chi connectivity index (χ4n) is 5.17. The molecule has 4 nitrogen and oxygen atoms in total. The van der Waals surface area contributed by atoms with Crippen molar-refractivity contribution in [2.24, 2.45) is 5.41 Å². The van der Waals surface area contributed by atoms with E-state index in [9.17, 15) is 0 Å². The summed E-state index contributed by atoms with van der Waals surface area (Å²) in [6.07, 6.45) is 9.04. The van der Waals surface area contributed by atoms with Gasteiger partial charge in [0.2, 0.25) is 0 Å². The maximum absolute atomic E-state index is 5.85. The Bertz CT molecular complexity index is 623. The van der Waals surface area contributed by atoms with Crippen molar-refractivity contribution in [2.45, 2.75) is 57.1 Å². The Hall–Kier alpha value is -1.20. The van der Waals surface area contributed by atoms with E-state index in [-0.39, 0.29) is 11.0 Å². The van der Waals surface area contributed by atoms with Crippen molar-refractivity contribution >= 4 is 0 Å². The van der Waals surface area contributed by atoms with Crippen LogP contribution >= 0.6 is 0 Å². The lowest BCUT2D eigenvalue weighted by Crippen LogP contribution is -2.58. The van der Waals surface area contributed by atoms with Gasteiger partial charge in [-0.05, 0) is 60.6 Å². The lowest BCUT2D eigenvalue weighted by atomic mass is 9.61. The monoisotopic (exact) mass is 358 g/mol. The molecular weight excluding hydrogens is 324 g/mol. The second kappa shape index (κ2) is 8.22. The highest BCUT2D eigenvalue weighted by molar-refractivity contribution is 5.46. The summed E-state index contributed by atoms with van der Waals surface area (Å²) in [4.78, 5) is 5.85. The number of hydrogen-bond donors (Lipinski definition) is 2. The van der Waals surface area contributed by atoms with Crippen LogP contribution in [0, 0.1) is 5.41 Å². The molecule has 0 bridgehead atoms. The first-order valence-electron chi connectivity index (χ1n) is 9.94. The van der Waals surface area contributed by atoms with E-state index < -0.39 is 0 Å². The zero-order valence-corrected chi connectivity index (χ0v) is 16.6. The second-order valence-corrected chi connectivity index (χ2v) is 7.80. The summed E-state index contributed by atoms with van der Waals surface area (Å²) in [5.74, 6) is 0. The summed E-state index contributed by atoms with van der Waals surface area (Å²) in [7, 11) is 3.68. The molecule has 1 aromatic carbocycles. The van der Waals surface area contributed by atoms with E-state index in [1.165, 1.54) is 16.7 Å². The highest BCUT2D eigenvalue weighted by atomic mass is 16.6. The van der Waals surface area contributed by atoms with Crippen LogP contribution in [0.3, 0.4) is 0 Å². The third-order valence-corrected chi connectivity index (χ3v) is 6.68. The van der Waals surface area contributed by atoms with Crippen molar-refractivity contribution in [2.75, 3.05) is 27.3 Å². The number of hydroxylamine groups is 1. The maximum atomic E-state index is 5.85. The summed E-state index contributed by atoms with van der Waals surface area (Å²) >= 11 is 0. The molecule has 0 heterocycles. The summed E-state index contributed by atoms with van der Waals surface area (Å²) in [5.41, 5.74) is 7.16. The minimum Gasteiger partial charge on any atom is -0.381 e. The topological polar surface area (TPSA) is 42.5 Å². The van der Waals surface area contributed by atoms with E-state index in [0.29, 0.717) is 12.7 Å². The van der Waals surface area contributed by atoms with Gasteiger partial charge in [-0.2, -0.15) is 0 Å². The first-order valence-corrected chi connectivity index (χ1v) is 9.94. The number of hydrogen-bond acceptors (Lipinski definition) is 4. The predicted octanol–water partition coefficient (Wildman–Crippen LogP) is 3.50. The summed E-state index contributed by atoms with van der Waals surface area (Å²) in [5, 5.41) is 3.86. The van der Waals surface area contributed by atoms with Crippen LogP contribution in [0.1, 0.15) is 49.3 Å². The van der Waals surface area contributed by atoms with E-state index >= 15 is 0 Å². The van der Waals surface area contributed by atoms with Gasteiger partial charge < -0.3 is 10.1 Å². The van der Waals surface area contributed by atoms with Crippen LogP contribution in [0.15, 0.2) is 30.9 Å². The normalized spacial score (nSPS) is 30.5. The SMILES string of the molecule is C=CCNC1(CONC)c2cc(CC)ccc2CC12CCC(OC)CC2. The highest BCUT2D eigenvalue weighted by Crippen LogP contribution is 2.58. The van der Waals surface area contributed by atoms with E-state index in [1.54, 1.807) is 0 Å². The van der Waals surface area contributed by atoms with Crippen LogP contribution in [-0.2, 0) is 28.0 Å². The van der Waals surface area contributed by atoms with Gasteiger partial charge in [-0.1, -0.05) is 31.2 Å². The van der Waals surface area contributed by atoms with Crippen molar-refractivity contribution in [3.05, 3.63) is 47.5 Å². The molecule has 1 saturated carbocycles. The quantitative estimate of drug-likeness (QED) is 0.551. The van der Waals surface area contributed by atoms with Crippen molar-refractivity contribution < 1.29 is 9.57 Å². The molecule has 1 atom stereocenters. The number of benzene rings is 1. The molecule has 0 aliphatic heterocycles. The van der Waals surface area contributed by atoms with Gasteiger partial charge in [-0.3, -0.25) is 4.84 Å². The Morgan fingerprint density at radius 2 is 2.08 bits per heavy atom. The molecule has 4 heteroatoms. The second-order valence-electron chi connectivity index (χ2n) is 7.80. The number of aryl methyl sites for hydroxylation is 1. The molecule has 0 amide bonds. The van der Waals surface area contributed by atoms with Crippen molar-refractivity contribution in [1.82, 2.24) is 10.8 Å². The Balaban J connectivity index is 2.06. The van der Waals surface area contributed by atoms with Crippen LogP contribution in [0.25, 0.3) is 0 Å². The van der Waals surface area contributed by atoms with Gasteiger partial charge in [0.15, 0.2) is 0 Å². The molecule has 0 radical (unpaired) electrons. The van der Waals surface area contributed by atoms with E-state index in [2.05, 4.69) is 42.5 Å². The molecule has 0 aromatic heterocycles. The minimum absolute atomic E-state index is 0.163. The van der Waals surface area contributed by atoms with Crippen molar-refractivity contribution in [1.29, 1.82) is 0 Å². The largest absolute Gasteiger partial charge is 0.381 e. The van der Waals surface area contributed by atoms with E-state index in [1.807, 2.05) is 20.2 Å². The third kappa shape index (κ3) is 3.24. The standard InChI is InChI=1S/C22H34N2O2/c1-5-13-24-22(16-26-23-3)20-14-17(6-2)7-8-18(20)15-21(22)11-9-19(25-4)10-12-21/h5,7-8,14,19,23-24H,1,6,9-13,15-16H2,2-4H3. The molecule has 1 unspecified atom stereocenters. The van der Waals surface area contributed by atoms with Gasteiger partial charge in [0.05, 0.1) is 18.2 Å². The fourth-order valence-corrected chi connectivity index (χ4v) is 5.17. The zero-order chi connectivity index (χ0) is 18.6. The maximum Gasteiger partial charge on any atom is 0.0911 e. The molecule has 26 heavy (non-hydrogen) atoms. The van der Waals surface area contributed by atoms with Crippen LogP contribution in [0.5, 0.6) is 0 Å². The minimum atomic E-state index is -0.191. The Labute approximate surface area is 158 Å². The number of methoxy groups -OCH3 is 1. The van der Waals surface area contributed by atoms with Gasteiger partial charge in [0, 0.05) is 20.7 Å². The molecule has 2 N–H and O–H groups in total. The number of nitrogens with one attached hydrogen (secondary N) is 2. The average Bonchev–Trinajstić information content (AvgIpc) is 2.94.